The molecule has 7 nitrogen and oxygen atoms in total. The topological polar surface area (TPSA) is 93.8 Å². The number of ether oxygens (including phenoxy) is 2. The summed E-state index contributed by atoms with van der Waals surface area (Å²) in [5, 5.41) is 6.38. The van der Waals surface area contributed by atoms with Crippen LogP contribution in [0.2, 0.25) is 0 Å². The van der Waals surface area contributed by atoms with Crippen molar-refractivity contribution in [3.63, 3.8) is 0 Å². The van der Waals surface area contributed by atoms with Crippen LogP contribution in [0.25, 0.3) is 0 Å². The van der Waals surface area contributed by atoms with E-state index < -0.39 is 0 Å². The van der Waals surface area contributed by atoms with Gasteiger partial charge in [0.15, 0.2) is 5.96 Å². The first kappa shape index (κ1) is 23.8. The summed E-state index contributed by atoms with van der Waals surface area (Å²) in [5.41, 5.74) is 6.77. The van der Waals surface area contributed by atoms with Gasteiger partial charge in [-0.25, -0.2) is 4.98 Å². The molecule has 0 amide bonds. The molecule has 8 heteroatoms. The number of halogens is 1. The minimum atomic E-state index is 0. The van der Waals surface area contributed by atoms with Gasteiger partial charge in [-0.15, -0.1) is 24.0 Å². The second kappa shape index (κ2) is 13.9. The first-order valence-corrected chi connectivity index (χ1v) is 9.34. The molecule has 0 aliphatic rings. The summed E-state index contributed by atoms with van der Waals surface area (Å²) in [6.45, 7) is 6.56. The SMILES string of the molecule is CCOc1ccc(OCC)c(NC(N)=NCCCCNc2ccccn2)c1.I. The van der Waals surface area contributed by atoms with E-state index in [9.17, 15) is 0 Å². The summed E-state index contributed by atoms with van der Waals surface area (Å²) in [6, 6.07) is 11.4. The zero-order valence-corrected chi connectivity index (χ0v) is 18.8. The van der Waals surface area contributed by atoms with Crippen LogP contribution in [-0.2, 0) is 0 Å². The number of aliphatic imine (C=N–C) groups is 1. The Kier molecular flexibility index (Phi) is 11.8. The van der Waals surface area contributed by atoms with Gasteiger partial charge in [0.05, 0.1) is 18.9 Å². The van der Waals surface area contributed by atoms with Crippen LogP contribution in [0.5, 0.6) is 11.5 Å². The van der Waals surface area contributed by atoms with Crippen molar-refractivity contribution in [1.29, 1.82) is 0 Å². The fourth-order valence-electron chi connectivity index (χ4n) is 2.44. The number of hydrogen-bond acceptors (Lipinski definition) is 5. The predicted molar refractivity (Wildman–Crippen MR) is 126 cm³/mol. The maximum absolute atomic E-state index is 6.02. The van der Waals surface area contributed by atoms with Crippen LogP contribution in [0.4, 0.5) is 11.5 Å². The zero-order chi connectivity index (χ0) is 19.3. The fraction of sp³-hybridized carbons (Fsp3) is 0.400. The molecule has 0 fully saturated rings. The Bertz CT molecular complexity index is 713. The lowest BCUT2D eigenvalue weighted by Crippen LogP contribution is -2.23. The highest BCUT2D eigenvalue weighted by Gasteiger charge is 2.07. The molecule has 0 spiro atoms. The van der Waals surface area contributed by atoms with Gasteiger partial charge in [0.2, 0.25) is 0 Å². The largest absolute Gasteiger partial charge is 0.494 e. The van der Waals surface area contributed by atoms with E-state index in [4.69, 9.17) is 15.2 Å². The van der Waals surface area contributed by atoms with Crippen LogP contribution in [-0.4, -0.2) is 37.2 Å². The smallest absolute Gasteiger partial charge is 0.193 e. The van der Waals surface area contributed by atoms with Gasteiger partial charge in [-0.3, -0.25) is 4.99 Å². The van der Waals surface area contributed by atoms with Gasteiger partial charge in [-0.1, -0.05) is 6.07 Å². The van der Waals surface area contributed by atoms with Gasteiger partial charge in [0.1, 0.15) is 17.3 Å². The van der Waals surface area contributed by atoms with E-state index in [1.165, 1.54) is 0 Å². The van der Waals surface area contributed by atoms with Gasteiger partial charge in [-0.2, -0.15) is 0 Å². The molecule has 0 saturated heterocycles. The van der Waals surface area contributed by atoms with Gasteiger partial charge >= 0.3 is 0 Å². The molecule has 0 bridgehead atoms. The number of nitrogens with two attached hydrogens (primary N) is 1. The molecular weight excluding hydrogens is 469 g/mol. The van der Waals surface area contributed by atoms with E-state index in [1.54, 1.807) is 6.20 Å². The molecule has 4 N–H and O–H groups in total. The third kappa shape index (κ3) is 8.64. The third-order valence-corrected chi connectivity index (χ3v) is 3.66. The second-order valence-corrected chi connectivity index (χ2v) is 5.76. The average Bonchev–Trinajstić information content (AvgIpc) is 2.68. The molecule has 0 unspecified atom stereocenters. The van der Waals surface area contributed by atoms with E-state index >= 15 is 0 Å². The van der Waals surface area contributed by atoms with E-state index in [2.05, 4.69) is 20.6 Å². The van der Waals surface area contributed by atoms with Gasteiger partial charge in [0.25, 0.3) is 0 Å². The monoisotopic (exact) mass is 499 g/mol. The van der Waals surface area contributed by atoms with Crippen molar-refractivity contribution in [2.24, 2.45) is 10.7 Å². The van der Waals surface area contributed by atoms with Gasteiger partial charge in [0, 0.05) is 25.4 Å². The summed E-state index contributed by atoms with van der Waals surface area (Å²) >= 11 is 0. The molecule has 0 atom stereocenters. The molecular formula is C20H30IN5O2. The molecule has 0 radical (unpaired) electrons. The fourth-order valence-corrected chi connectivity index (χ4v) is 2.44. The Balaban J connectivity index is 0.00000392. The first-order valence-electron chi connectivity index (χ1n) is 9.34. The van der Waals surface area contributed by atoms with Gasteiger partial charge in [-0.05, 0) is 51.0 Å². The summed E-state index contributed by atoms with van der Waals surface area (Å²) in [7, 11) is 0. The van der Waals surface area contributed by atoms with Crippen LogP contribution in [0.15, 0.2) is 47.6 Å². The number of guanidine groups is 1. The number of hydrogen-bond donors (Lipinski definition) is 3. The molecule has 0 aliphatic carbocycles. The Hall–Kier alpha value is -2.23. The summed E-state index contributed by atoms with van der Waals surface area (Å²) in [6.07, 6.45) is 3.69. The number of nitrogens with one attached hydrogen (secondary N) is 2. The average molecular weight is 499 g/mol. The molecule has 0 saturated carbocycles. The normalized spacial score (nSPS) is 10.7. The quantitative estimate of drug-likeness (QED) is 0.187. The molecule has 28 heavy (non-hydrogen) atoms. The van der Waals surface area contributed by atoms with Crippen LogP contribution < -0.4 is 25.8 Å². The number of rotatable bonds is 11. The van der Waals surface area contributed by atoms with Gasteiger partial charge < -0.3 is 25.8 Å². The number of unbranched alkanes of at least 4 members (excludes halogenated alkanes) is 1. The highest BCUT2D eigenvalue weighted by Crippen LogP contribution is 2.29. The Morgan fingerprint density at radius 3 is 2.64 bits per heavy atom. The molecule has 2 rings (SSSR count). The van der Waals surface area contributed by atoms with Crippen molar-refractivity contribution < 1.29 is 9.47 Å². The van der Waals surface area contributed by atoms with Crippen LogP contribution in [0.3, 0.4) is 0 Å². The van der Waals surface area contributed by atoms with Crippen LogP contribution in [0, 0.1) is 0 Å². The molecule has 1 aromatic carbocycles. The predicted octanol–water partition coefficient (Wildman–Crippen LogP) is 4.12. The maximum Gasteiger partial charge on any atom is 0.193 e. The highest BCUT2D eigenvalue weighted by atomic mass is 127. The summed E-state index contributed by atoms with van der Waals surface area (Å²) in [4.78, 5) is 8.61. The lowest BCUT2D eigenvalue weighted by molar-refractivity contribution is 0.332. The lowest BCUT2D eigenvalue weighted by Gasteiger charge is -2.14. The number of nitrogens with zero attached hydrogens (tertiary/aromatic N) is 2. The number of benzene rings is 1. The van der Waals surface area contributed by atoms with Crippen molar-refractivity contribution in [2.75, 3.05) is 36.9 Å². The van der Waals surface area contributed by atoms with E-state index in [0.29, 0.717) is 25.7 Å². The van der Waals surface area contributed by atoms with Crippen molar-refractivity contribution in [3.05, 3.63) is 42.6 Å². The Morgan fingerprint density at radius 2 is 1.93 bits per heavy atom. The summed E-state index contributed by atoms with van der Waals surface area (Å²) in [5.74, 6) is 2.73. The van der Waals surface area contributed by atoms with E-state index in [1.807, 2.05) is 50.2 Å². The van der Waals surface area contributed by atoms with Crippen molar-refractivity contribution in [2.45, 2.75) is 26.7 Å². The molecule has 1 heterocycles. The first-order chi connectivity index (χ1) is 13.2. The third-order valence-electron chi connectivity index (χ3n) is 3.66. The number of anilines is 2. The van der Waals surface area contributed by atoms with Crippen molar-refractivity contribution in [1.82, 2.24) is 4.98 Å². The molecule has 2 aromatic rings. The molecule has 1 aromatic heterocycles. The Labute approximate surface area is 184 Å². The summed E-state index contributed by atoms with van der Waals surface area (Å²) < 4.78 is 11.2. The van der Waals surface area contributed by atoms with Crippen molar-refractivity contribution in [3.8, 4) is 11.5 Å². The Morgan fingerprint density at radius 1 is 1.11 bits per heavy atom. The highest BCUT2D eigenvalue weighted by molar-refractivity contribution is 14.0. The van der Waals surface area contributed by atoms with Crippen molar-refractivity contribution >= 4 is 41.4 Å². The van der Waals surface area contributed by atoms with E-state index in [-0.39, 0.29) is 24.0 Å². The van der Waals surface area contributed by atoms with E-state index in [0.717, 1.165) is 42.4 Å². The zero-order valence-electron chi connectivity index (χ0n) is 16.5. The number of pyridine rings is 1. The lowest BCUT2D eigenvalue weighted by atomic mass is 10.2. The minimum absolute atomic E-state index is 0. The minimum Gasteiger partial charge on any atom is -0.494 e. The molecule has 154 valence electrons. The maximum atomic E-state index is 6.02. The standard InChI is InChI=1S/C20H29N5O2.HI/c1-3-26-16-10-11-18(27-4-2)17(15-16)25-20(21)24-14-8-7-13-23-19-9-5-6-12-22-19;/h5-6,9-12,15H,3-4,7-8,13-14H2,1-2H3,(H,22,23)(H3,21,24,25);1H. The second-order valence-electron chi connectivity index (χ2n) is 5.76. The molecule has 0 aliphatic heterocycles. The van der Waals surface area contributed by atoms with Crippen LogP contribution in [0.1, 0.15) is 26.7 Å². The van der Waals surface area contributed by atoms with Crippen LogP contribution >= 0.6 is 24.0 Å². The number of aromatic nitrogens is 1.